The van der Waals surface area contributed by atoms with Crippen molar-refractivity contribution < 1.29 is 4.74 Å². The number of halogens is 2. The van der Waals surface area contributed by atoms with Crippen LogP contribution in [0.1, 0.15) is 34.4 Å². The number of ether oxygens (including phenoxy) is 1. The van der Waals surface area contributed by atoms with E-state index in [9.17, 15) is 0 Å². The molecule has 17 heavy (non-hydrogen) atoms. The maximum absolute atomic E-state index is 6.34. The molecule has 0 aromatic heterocycles. The average molecular weight is 318 g/mol. The van der Waals surface area contributed by atoms with Crippen LogP contribution in [0.4, 0.5) is 0 Å². The van der Waals surface area contributed by atoms with Crippen LogP contribution in [0.25, 0.3) is 0 Å². The lowest BCUT2D eigenvalue weighted by Gasteiger charge is -2.27. The molecule has 0 amide bonds. The van der Waals surface area contributed by atoms with Crippen LogP contribution in [-0.2, 0) is 4.74 Å². The Morgan fingerprint density at radius 2 is 2.06 bits per heavy atom. The number of hydrogen-bond acceptors (Lipinski definition) is 1. The summed E-state index contributed by atoms with van der Waals surface area (Å²) in [6, 6.07) is 4.26. The second-order valence-corrected chi connectivity index (χ2v) is 6.23. The van der Waals surface area contributed by atoms with Gasteiger partial charge in [-0.15, -0.1) is 0 Å². The molecule has 94 valence electrons. The third kappa shape index (κ3) is 3.04. The Bertz CT molecular complexity index is 399. The van der Waals surface area contributed by atoms with Crippen molar-refractivity contribution in [1.29, 1.82) is 0 Å². The van der Waals surface area contributed by atoms with E-state index in [1.165, 1.54) is 23.1 Å². The maximum Gasteiger partial charge on any atom is 0.0508 e. The van der Waals surface area contributed by atoms with Gasteiger partial charge in [0.15, 0.2) is 0 Å². The first-order valence-electron chi connectivity index (χ1n) is 6.08. The Kier molecular flexibility index (Phi) is 4.51. The van der Waals surface area contributed by atoms with Crippen molar-refractivity contribution in [2.45, 2.75) is 31.5 Å². The van der Waals surface area contributed by atoms with Crippen LogP contribution >= 0.6 is 27.5 Å². The summed E-state index contributed by atoms with van der Waals surface area (Å²) < 4.78 is 5.55. The van der Waals surface area contributed by atoms with Crippen LogP contribution in [0.15, 0.2) is 12.1 Å². The summed E-state index contributed by atoms with van der Waals surface area (Å²) in [5, 5.41) is 0.862. The van der Waals surface area contributed by atoms with Gasteiger partial charge in [-0.05, 0) is 55.4 Å². The molecule has 1 nitrogen and oxygen atoms in total. The predicted octanol–water partition coefficient (Wildman–Crippen LogP) is 4.82. The normalized spacial score (nSPS) is 22.5. The fourth-order valence-electron chi connectivity index (χ4n) is 2.26. The van der Waals surface area contributed by atoms with Crippen LogP contribution < -0.4 is 0 Å². The van der Waals surface area contributed by atoms with E-state index in [4.69, 9.17) is 16.3 Å². The van der Waals surface area contributed by atoms with Gasteiger partial charge in [-0.25, -0.2) is 0 Å². The van der Waals surface area contributed by atoms with Gasteiger partial charge < -0.3 is 4.74 Å². The third-order valence-electron chi connectivity index (χ3n) is 3.52. The van der Waals surface area contributed by atoms with E-state index >= 15 is 0 Å². The molecule has 0 spiro atoms. The first-order valence-corrected chi connectivity index (χ1v) is 7.37. The van der Waals surface area contributed by atoms with Crippen LogP contribution in [0, 0.1) is 19.8 Å². The van der Waals surface area contributed by atoms with Gasteiger partial charge in [0.1, 0.15) is 0 Å². The molecule has 1 aliphatic heterocycles. The van der Waals surface area contributed by atoms with Gasteiger partial charge in [-0.2, -0.15) is 0 Å². The van der Waals surface area contributed by atoms with Gasteiger partial charge in [-0.3, -0.25) is 0 Å². The molecule has 1 fully saturated rings. The van der Waals surface area contributed by atoms with E-state index in [1.807, 2.05) is 0 Å². The molecular weight excluding hydrogens is 300 g/mol. The molecule has 1 saturated heterocycles. The molecule has 0 N–H and O–H groups in total. The van der Waals surface area contributed by atoms with Crippen LogP contribution in [0.3, 0.4) is 0 Å². The highest BCUT2D eigenvalue weighted by Gasteiger charge is 2.25. The van der Waals surface area contributed by atoms with Gasteiger partial charge in [-0.1, -0.05) is 33.6 Å². The van der Waals surface area contributed by atoms with E-state index in [1.54, 1.807) is 0 Å². The highest BCUT2D eigenvalue weighted by molar-refractivity contribution is 9.09. The summed E-state index contributed by atoms with van der Waals surface area (Å²) >= 11 is 10.1. The molecule has 2 unspecified atom stereocenters. The summed E-state index contributed by atoms with van der Waals surface area (Å²) in [5.41, 5.74) is 3.74. The van der Waals surface area contributed by atoms with E-state index in [2.05, 4.69) is 41.9 Å². The zero-order valence-corrected chi connectivity index (χ0v) is 12.6. The molecule has 2 rings (SSSR count). The lowest BCUT2D eigenvalue weighted by atomic mass is 9.92. The summed E-state index contributed by atoms with van der Waals surface area (Å²) in [7, 11) is 0. The fraction of sp³-hybridized carbons (Fsp3) is 0.571. The largest absolute Gasteiger partial charge is 0.381 e. The SMILES string of the molecule is Cc1cc(Cl)c(C(Br)C2CCCOC2)cc1C. The van der Waals surface area contributed by atoms with Crippen molar-refractivity contribution in [3.8, 4) is 0 Å². The van der Waals surface area contributed by atoms with Crippen molar-refractivity contribution in [3.63, 3.8) is 0 Å². The molecule has 0 aliphatic carbocycles. The molecule has 2 atom stereocenters. The Morgan fingerprint density at radius 3 is 2.71 bits per heavy atom. The van der Waals surface area contributed by atoms with Crippen molar-refractivity contribution in [2.24, 2.45) is 5.92 Å². The summed E-state index contributed by atoms with van der Waals surface area (Å²) in [4.78, 5) is 0.301. The molecule has 1 heterocycles. The van der Waals surface area contributed by atoms with E-state index in [-0.39, 0.29) is 0 Å². The third-order valence-corrected chi connectivity index (χ3v) is 5.09. The van der Waals surface area contributed by atoms with Crippen molar-refractivity contribution in [3.05, 3.63) is 33.8 Å². The minimum atomic E-state index is 0.301. The zero-order chi connectivity index (χ0) is 12.4. The molecule has 0 bridgehead atoms. The van der Waals surface area contributed by atoms with Gasteiger partial charge in [0, 0.05) is 16.5 Å². The minimum absolute atomic E-state index is 0.301. The summed E-state index contributed by atoms with van der Waals surface area (Å²) in [6.07, 6.45) is 2.36. The van der Waals surface area contributed by atoms with Crippen molar-refractivity contribution >= 4 is 27.5 Å². The Hall–Kier alpha value is -0.0500. The molecular formula is C14H18BrClO. The first-order chi connectivity index (χ1) is 8.09. The van der Waals surface area contributed by atoms with E-state index in [0.29, 0.717) is 10.7 Å². The second-order valence-electron chi connectivity index (χ2n) is 4.84. The summed E-state index contributed by atoms with van der Waals surface area (Å²) in [6.45, 7) is 5.96. The number of alkyl halides is 1. The predicted molar refractivity (Wildman–Crippen MR) is 76.1 cm³/mol. The molecule has 1 aromatic rings. The van der Waals surface area contributed by atoms with Gasteiger partial charge in [0.25, 0.3) is 0 Å². The lowest BCUT2D eigenvalue weighted by molar-refractivity contribution is 0.0546. The highest BCUT2D eigenvalue weighted by Crippen LogP contribution is 2.39. The Morgan fingerprint density at radius 1 is 1.35 bits per heavy atom. The Labute approximate surface area is 117 Å². The topological polar surface area (TPSA) is 9.23 Å². The molecule has 0 radical (unpaired) electrons. The van der Waals surface area contributed by atoms with E-state index in [0.717, 1.165) is 24.7 Å². The van der Waals surface area contributed by atoms with Gasteiger partial charge >= 0.3 is 0 Å². The standard InChI is InChI=1S/C14H18BrClO/c1-9-6-12(13(16)7-10(9)2)14(15)11-4-3-5-17-8-11/h6-7,11,14H,3-5,8H2,1-2H3. The number of benzene rings is 1. The minimum Gasteiger partial charge on any atom is -0.381 e. The second kappa shape index (κ2) is 5.73. The monoisotopic (exact) mass is 316 g/mol. The number of hydrogen-bond donors (Lipinski definition) is 0. The average Bonchev–Trinajstić information content (AvgIpc) is 2.34. The molecule has 0 saturated carbocycles. The quantitative estimate of drug-likeness (QED) is 0.711. The molecule has 3 heteroatoms. The Balaban J connectivity index is 2.23. The van der Waals surface area contributed by atoms with Crippen molar-refractivity contribution in [1.82, 2.24) is 0 Å². The van der Waals surface area contributed by atoms with Gasteiger partial charge in [0.2, 0.25) is 0 Å². The molecule has 1 aliphatic rings. The summed E-state index contributed by atoms with van der Waals surface area (Å²) in [5.74, 6) is 0.531. The zero-order valence-electron chi connectivity index (χ0n) is 10.3. The van der Waals surface area contributed by atoms with Crippen molar-refractivity contribution in [2.75, 3.05) is 13.2 Å². The fourth-order valence-corrected chi connectivity index (χ4v) is 3.53. The van der Waals surface area contributed by atoms with Gasteiger partial charge in [0.05, 0.1) is 6.61 Å². The highest BCUT2D eigenvalue weighted by atomic mass is 79.9. The number of aryl methyl sites for hydroxylation is 2. The molecule has 1 aromatic carbocycles. The van der Waals surface area contributed by atoms with Crippen LogP contribution in [0.2, 0.25) is 5.02 Å². The van der Waals surface area contributed by atoms with Crippen LogP contribution in [0.5, 0.6) is 0 Å². The van der Waals surface area contributed by atoms with E-state index < -0.39 is 0 Å². The van der Waals surface area contributed by atoms with Crippen LogP contribution in [-0.4, -0.2) is 13.2 Å². The lowest BCUT2D eigenvalue weighted by Crippen LogP contribution is -2.21. The smallest absolute Gasteiger partial charge is 0.0508 e. The number of rotatable bonds is 2. The first kappa shape index (κ1) is 13.4. The maximum atomic E-state index is 6.34.